The molecule has 0 fully saturated rings. The molecule has 0 aromatic heterocycles. The van der Waals surface area contributed by atoms with Gasteiger partial charge in [0.1, 0.15) is 24.2 Å². The maximum absolute atomic E-state index is 12.2. The summed E-state index contributed by atoms with van der Waals surface area (Å²) in [6.45, 7) is 19.3. The molecule has 3 atom stereocenters. The highest BCUT2D eigenvalue weighted by atomic mass is 32.2. The Morgan fingerprint density at radius 3 is 1.72 bits per heavy atom. The minimum Gasteiger partial charge on any atom is -0.488 e. The van der Waals surface area contributed by atoms with Crippen molar-refractivity contribution in [2.75, 3.05) is 65.1 Å². The lowest BCUT2D eigenvalue weighted by Gasteiger charge is -2.29. The minimum atomic E-state index is -0.850. The van der Waals surface area contributed by atoms with Crippen LogP contribution in [0.3, 0.4) is 0 Å². The maximum Gasteiger partial charge on any atom is 0.331 e. The molecule has 3 unspecified atom stereocenters. The molecule has 278 valence electrons. The smallest absolute Gasteiger partial charge is 0.331 e. The molecule has 0 N–H and O–H groups in total. The van der Waals surface area contributed by atoms with Crippen molar-refractivity contribution < 1.29 is 28.5 Å². The Bertz CT molecular complexity index is 1360. The summed E-state index contributed by atoms with van der Waals surface area (Å²) in [4.78, 5) is 23.4. The number of rotatable bonds is 25. The van der Waals surface area contributed by atoms with Crippen LogP contribution in [0.2, 0.25) is 0 Å². The molecule has 0 saturated carbocycles. The average molecular weight is 799 g/mol. The number of hydrogen-bond acceptors (Lipinski definition) is 12. The number of ether oxygens (including phenoxy) is 4. The predicted octanol–water partition coefficient (Wildman–Crippen LogP) is 9.89. The third-order valence-corrected chi connectivity index (χ3v) is 14.0. The molecule has 0 saturated heterocycles. The van der Waals surface area contributed by atoms with Crippen molar-refractivity contribution in [2.24, 2.45) is 0 Å². The number of carbonyl (C=O) groups excluding carboxylic acids is 2. The van der Waals surface area contributed by atoms with Crippen LogP contribution in [0.15, 0.2) is 49.6 Å². The first-order valence-corrected chi connectivity index (χ1v) is 23.6. The number of hydrogen-bond donors (Lipinski definition) is 0. The lowest BCUT2D eigenvalue weighted by Crippen LogP contribution is -2.35. The maximum atomic E-state index is 12.2. The zero-order valence-electron chi connectivity index (χ0n) is 30.8. The highest BCUT2D eigenvalue weighted by Crippen LogP contribution is 2.37. The Morgan fingerprint density at radius 2 is 1.22 bits per heavy atom. The van der Waals surface area contributed by atoms with E-state index in [-0.39, 0.29) is 12.0 Å². The van der Waals surface area contributed by atoms with Crippen LogP contribution < -0.4 is 9.47 Å². The molecule has 0 bridgehead atoms. The van der Waals surface area contributed by atoms with Crippen molar-refractivity contribution >= 4 is 82.5 Å². The van der Waals surface area contributed by atoms with Gasteiger partial charge in [-0.15, -0.1) is 23.5 Å². The van der Waals surface area contributed by atoms with E-state index in [1.54, 1.807) is 23.5 Å². The highest BCUT2D eigenvalue weighted by Gasteiger charge is 2.31. The number of thioether (sulfide) groups is 6. The van der Waals surface area contributed by atoms with Gasteiger partial charge in [-0.3, -0.25) is 0 Å². The lowest BCUT2D eigenvalue weighted by atomic mass is 9.96. The van der Waals surface area contributed by atoms with E-state index in [9.17, 15) is 9.59 Å². The number of benzene rings is 2. The van der Waals surface area contributed by atoms with Gasteiger partial charge in [0.25, 0.3) is 0 Å². The van der Waals surface area contributed by atoms with Gasteiger partial charge < -0.3 is 18.9 Å². The molecule has 0 spiro atoms. The van der Waals surface area contributed by atoms with E-state index in [2.05, 4.69) is 49.9 Å². The van der Waals surface area contributed by atoms with Crippen LogP contribution in [0.1, 0.15) is 36.1 Å². The lowest BCUT2D eigenvalue weighted by molar-refractivity contribution is -0.146. The second-order valence-electron chi connectivity index (χ2n) is 11.7. The zero-order valence-corrected chi connectivity index (χ0v) is 35.7. The van der Waals surface area contributed by atoms with E-state index in [0.29, 0.717) is 0 Å². The SMILES string of the molecule is C=CC(=O)OC(C)C(Oc1c(C)cc(-c2cc(C)c(OCC(C)(OC(=O)C=C)SCCSCCSC)c(C)c2)cc1C)SCCSCCSC. The monoisotopic (exact) mass is 798 g/mol. The Labute approximate surface area is 326 Å². The summed E-state index contributed by atoms with van der Waals surface area (Å²) in [7, 11) is 0. The van der Waals surface area contributed by atoms with E-state index in [0.717, 1.165) is 90.9 Å². The molecule has 6 nitrogen and oxygen atoms in total. The molecule has 0 heterocycles. The fraction of sp³-hybridized carbons (Fsp3) is 0.526. The van der Waals surface area contributed by atoms with Crippen molar-refractivity contribution in [3.05, 3.63) is 71.8 Å². The predicted molar refractivity (Wildman–Crippen MR) is 228 cm³/mol. The topological polar surface area (TPSA) is 71.1 Å². The fourth-order valence-corrected chi connectivity index (χ4v) is 10.7. The van der Waals surface area contributed by atoms with Crippen LogP contribution in [0.4, 0.5) is 0 Å². The molecule has 0 aliphatic heterocycles. The molecule has 2 aromatic rings. The van der Waals surface area contributed by atoms with Crippen molar-refractivity contribution in [3.8, 4) is 22.6 Å². The van der Waals surface area contributed by atoms with Crippen LogP contribution >= 0.6 is 70.6 Å². The normalized spacial score (nSPS) is 13.5. The quantitative estimate of drug-likeness (QED) is 0.0416. The van der Waals surface area contributed by atoms with E-state index in [4.69, 9.17) is 18.9 Å². The van der Waals surface area contributed by atoms with Crippen LogP contribution in [-0.4, -0.2) is 93.6 Å². The van der Waals surface area contributed by atoms with E-state index in [1.165, 1.54) is 12.2 Å². The molecule has 0 radical (unpaired) electrons. The van der Waals surface area contributed by atoms with Crippen LogP contribution in [0.25, 0.3) is 11.1 Å². The zero-order chi connectivity index (χ0) is 37.1. The first kappa shape index (κ1) is 44.7. The average Bonchev–Trinajstić information content (AvgIpc) is 3.07. The second kappa shape index (κ2) is 24.0. The van der Waals surface area contributed by atoms with Crippen molar-refractivity contribution in [1.29, 1.82) is 0 Å². The summed E-state index contributed by atoms with van der Waals surface area (Å²) in [6.07, 6.45) is 6.16. The molecule has 50 heavy (non-hydrogen) atoms. The van der Waals surface area contributed by atoms with E-state index in [1.807, 2.05) is 88.6 Å². The second-order valence-corrected chi connectivity index (χ2v) is 18.9. The molecule has 2 rings (SSSR count). The summed E-state index contributed by atoms with van der Waals surface area (Å²) in [5, 5.41) is 0. The van der Waals surface area contributed by atoms with Gasteiger partial charge in [-0.1, -0.05) is 13.2 Å². The summed E-state index contributed by atoms with van der Waals surface area (Å²) < 4.78 is 24.3. The standard InChI is InChI=1S/C38H54O6S6/c1-11-33(39)42-30(7)37(49-19-17-47-15-13-45-9)43-36-28(5)23-32(24-29(36)6)31-21-26(3)35(27(4)22-31)41-25-38(8,44-34(40)12-2)50-20-18-48-16-14-46-10/h11-12,21-24,30,37H,1-2,13-20,25H2,3-10H3. The minimum absolute atomic E-state index is 0.216. The van der Waals surface area contributed by atoms with Crippen LogP contribution in [0.5, 0.6) is 11.5 Å². The van der Waals surface area contributed by atoms with Gasteiger partial charge in [-0.25, -0.2) is 9.59 Å². The summed E-state index contributed by atoms with van der Waals surface area (Å²) >= 11 is 10.8. The molecule has 2 aromatic carbocycles. The Hall–Kier alpha value is -1.44. The van der Waals surface area contributed by atoms with E-state index >= 15 is 0 Å². The van der Waals surface area contributed by atoms with Gasteiger partial charge in [0.15, 0.2) is 10.4 Å². The highest BCUT2D eigenvalue weighted by molar-refractivity contribution is 8.05. The van der Waals surface area contributed by atoms with Crippen molar-refractivity contribution in [1.82, 2.24) is 0 Å². The van der Waals surface area contributed by atoms with Crippen LogP contribution in [-0.2, 0) is 19.1 Å². The first-order chi connectivity index (χ1) is 23.9. The molecular weight excluding hydrogens is 745 g/mol. The molecular formula is C38H54O6S6. The summed E-state index contributed by atoms with van der Waals surface area (Å²) in [5.74, 6) is 8.83. The third kappa shape index (κ3) is 15.7. The third-order valence-electron chi connectivity index (χ3n) is 7.31. The number of esters is 2. The largest absolute Gasteiger partial charge is 0.488 e. The fourth-order valence-electron chi connectivity index (χ4n) is 4.90. The molecule has 12 heteroatoms. The van der Waals surface area contributed by atoms with Gasteiger partial charge >= 0.3 is 11.9 Å². The van der Waals surface area contributed by atoms with Crippen LogP contribution in [0, 0.1) is 27.7 Å². The van der Waals surface area contributed by atoms with E-state index < -0.39 is 23.0 Å². The van der Waals surface area contributed by atoms with Crippen molar-refractivity contribution in [3.63, 3.8) is 0 Å². The molecule has 0 amide bonds. The van der Waals surface area contributed by atoms with Crippen molar-refractivity contribution in [2.45, 2.75) is 58.0 Å². The van der Waals surface area contributed by atoms with Gasteiger partial charge in [0.2, 0.25) is 0 Å². The summed E-state index contributed by atoms with van der Waals surface area (Å²) in [6, 6.07) is 8.53. The molecule has 0 aliphatic carbocycles. The Morgan fingerprint density at radius 1 is 0.740 bits per heavy atom. The summed E-state index contributed by atoms with van der Waals surface area (Å²) in [5.41, 5.74) is 5.78. The Balaban J connectivity index is 2.23. The van der Waals surface area contributed by atoms with Gasteiger partial charge in [0.05, 0.1) is 0 Å². The van der Waals surface area contributed by atoms with Gasteiger partial charge in [-0.2, -0.15) is 47.0 Å². The number of carbonyl (C=O) groups is 2. The first-order valence-electron chi connectivity index (χ1n) is 16.5. The molecule has 0 aliphatic rings. The van der Waals surface area contributed by atoms with Gasteiger partial charge in [0, 0.05) is 58.2 Å². The van der Waals surface area contributed by atoms with Gasteiger partial charge in [-0.05, 0) is 112 Å². The number of aryl methyl sites for hydroxylation is 4. The Kier molecular flexibility index (Phi) is 21.5.